The second kappa shape index (κ2) is 10.0. The summed E-state index contributed by atoms with van der Waals surface area (Å²) in [6.07, 6.45) is 0.911. The van der Waals surface area contributed by atoms with Crippen LogP contribution in [0.2, 0.25) is 0 Å². The molecular formula is C26H31NO2. The van der Waals surface area contributed by atoms with E-state index in [1.54, 1.807) is 0 Å². The van der Waals surface area contributed by atoms with Gasteiger partial charge in [0, 0.05) is 18.7 Å². The highest BCUT2D eigenvalue weighted by molar-refractivity contribution is 5.46. The summed E-state index contributed by atoms with van der Waals surface area (Å²) in [5, 5.41) is 3.40. The molecule has 3 aromatic carbocycles. The Balaban J connectivity index is 1.41. The van der Waals surface area contributed by atoms with E-state index >= 15 is 0 Å². The molecule has 0 aromatic heterocycles. The van der Waals surface area contributed by atoms with Gasteiger partial charge in [-0.3, -0.25) is 0 Å². The quantitative estimate of drug-likeness (QED) is 0.449. The molecule has 152 valence electrons. The molecule has 0 radical (unpaired) electrons. The molecule has 0 saturated heterocycles. The van der Waals surface area contributed by atoms with E-state index in [4.69, 9.17) is 9.47 Å². The molecule has 0 heterocycles. The van der Waals surface area contributed by atoms with Crippen LogP contribution in [0.15, 0.2) is 78.9 Å². The zero-order valence-corrected chi connectivity index (χ0v) is 17.7. The van der Waals surface area contributed by atoms with Crippen LogP contribution in [0.25, 0.3) is 0 Å². The number of anilines is 1. The van der Waals surface area contributed by atoms with Crippen molar-refractivity contribution in [3.05, 3.63) is 90.0 Å². The fraction of sp³-hybridized carbons (Fsp3) is 0.308. The van der Waals surface area contributed by atoms with Gasteiger partial charge in [-0.1, -0.05) is 69.3 Å². The molecule has 3 heteroatoms. The largest absolute Gasteiger partial charge is 0.493 e. The van der Waals surface area contributed by atoms with Gasteiger partial charge in [0.2, 0.25) is 0 Å². The lowest BCUT2D eigenvalue weighted by Gasteiger charge is -2.22. The van der Waals surface area contributed by atoms with Crippen LogP contribution in [0.4, 0.5) is 5.69 Å². The molecule has 0 fully saturated rings. The van der Waals surface area contributed by atoms with E-state index in [0.717, 1.165) is 30.2 Å². The molecule has 0 aliphatic heterocycles. The maximum absolute atomic E-state index is 6.02. The van der Waals surface area contributed by atoms with Crippen molar-refractivity contribution in [1.82, 2.24) is 0 Å². The third-order valence-corrected chi connectivity index (χ3v) is 4.74. The van der Waals surface area contributed by atoms with Crippen LogP contribution in [0.5, 0.6) is 11.5 Å². The highest BCUT2D eigenvalue weighted by Crippen LogP contribution is 2.30. The smallest absolute Gasteiger partial charge is 0.123 e. The lowest BCUT2D eigenvalue weighted by Crippen LogP contribution is -2.16. The predicted molar refractivity (Wildman–Crippen MR) is 121 cm³/mol. The van der Waals surface area contributed by atoms with Gasteiger partial charge in [0.05, 0.1) is 6.61 Å². The minimum Gasteiger partial charge on any atom is -0.493 e. The van der Waals surface area contributed by atoms with Gasteiger partial charge in [0.25, 0.3) is 0 Å². The fourth-order valence-electron chi connectivity index (χ4n) is 3.17. The second-order valence-corrected chi connectivity index (χ2v) is 8.13. The van der Waals surface area contributed by atoms with E-state index in [0.29, 0.717) is 13.2 Å². The minimum absolute atomic E-state index is 0.0698. The van der Waals surface area contributed by atoms with Crippen molar-refractivity contribution < 1.29 is 9.47 Å². The maximum Gasteiger partial charge on any atom is 0.123 e. The standard InChI is InChI=1S/C26H31NO2/c1-26(2,3)24-11-7-8-12-25(24)29-20-18-27-22-13-15-23(16-14-22)28-19-17-21-9-5-4-6-10-21/h4-16,27H,17-20H2,1-3H3. The molecule has 29 heavy (non-hydrogen) atoms. The first-order valence-electron chi connectivity index (χ1n) is 10.3. The first kappa shape index (κ1) is 20.8. The van der Waals surface area contributed by atoms with Gasteiger partial charge in [-0.15, -0.1) is 0 Å². The van der Waals surface area contributed by atoms with E-state index in [2.05, 4.69) is 62.5 Å². The van der Waals surface area contributed by atoms with Crippen LogP contribution < -0.4 is 14.8 Å². The second-order valence-electron chi connectivity index (χ2n) is 8.13. The Kier molecular flexibility index (Phi) is 7.18. The molecule has 0 spiro atoms. The van der Waals surface area contributed by atoms with Gasteiger partial charge in [-0.05, 0) is 46.9 Å². The Bertz CT molecular complexity index is 867. The third kappa shape index (κ3) is 6.56. The number of hydrogen-bond donors (Lipinski definition) is 1. The summed E-state index contributed by atoms with van der Waals surface area (Å²) < 4.78 is 11.9. The van der Waals surface area contributed by atoms with Gasteiger partial charge in [0.15, 0.2) is 0 Å². The first-order valence-corrected chi connectivity index (χ1v) is 10.3. The molecule has 0 bridgehead atoms. The van der Waals surface area contributed by atoms with Crippen LogP contribution in [-0.2, 0) is 11.8 Å². The fourth-order valence-corrected chi connectivity index (χ4v) is 3.17. The molecule has 0 aliphatic rings. The highest BCUT2D eigenvalue weighted by atomic mass is 16.5. The third-order valence-electron chi connectivity index (χ3n) is 4.74. The predicted octanol–water partition coefficient (Wildman–Crippen LogP) is 6.10. The highest BCUT2D eigenvalue weighted by Gasteiger charge is 2.18. The Hall–Kier alpha value is -2.94. The number of para-hydroxylation sites is 1. The topological polar surface area (TPSA) is 30.5 Å². The Morgan fingerprint density at radius 1 is 0.724 bits per heavy atom. The van der Waals surface area contributed by atoms with Crippen LogP contribution in [0.1, 0.15) is 31.9 Å². The van der Waals surface area contributed by atoms with Crippen molar-refractivity contribution in [3.63, 3.8) is 0 Å². The molecular weight excluding hydrogens is 358 g/mol. The van der Waals surface area contributed by atoms with Crippen molar-refractivity contribution in [1.29, 1.82) is 0 Å². The van der Waals surface area contributed by atoms with Crippen molar-refractivity contribution in [2.75, 3.05) is 25.1 Å². The van der Waals surface area contributed by atoms with E-state index in [1.807, 2.05) is 42.5 Å². The summed E-state index contributed by atoms with van der Waals surface area (Å²) in [5.74, 6) is 1.85. The normalized spacial score (nSPS) is 11.1. The van der Waals surface area contributed by atoms with Crippen molar-refractivity contribution in [2.24, 2.45) is 0 Å². The van der Waals surface area contributed by atoms with Gasteiger partial charge in [-0.25, -0.2) is 0 Å². The summed E-state index contributed by atoms with van der Waals surface area (Å²) in [6, 6.07) is 26.8. The molecule has 3 rings (SSSR count). The van der Waals surface area contributed by atoms with E-state index < -0.39 is 0 Å². The Morgan fingerprint density at radius 3 is 2.14 bits per heavy atom. The summed E-state index contributed by atoms with van der Waals surface area (Å²) in [5.41, 5.74) is 3.66. The summed E-state index contributed by atoms with van der Waals surface area (Å²) in [7, 11) is 0. The molecule has 0 amide bonds. The van der Waals surface area contributed by atoms with Crippen LogP contribution in [0, 0.1) is 0 Å². The zero-order chi connectivity index (χ0) is 20.5. The van der Waals surface area contributed by atoms with Gasteiger partial charge in [0.1, 0.15) is 18.1 Å². The molecule has 3 aromatic rings. The van der Waals surface area contributed by atoms with E-state index in [1.165, 1.54) is 11.1 Å². The van der Waals surface area contributed by atoms with Gasteiger partial charge >= 0.3 is 0 Å². The Labute approximate surface area is 174 Å². The SMILES string of the molecule is CC(C)(C)c1ccccc1OCCNc1ccc(OCCc2ccccc2)cc1. The van der Waals surface area contributed by atoms with Crippen molar-refractivity contribution >= 4 is 5.69 Å². The molecule has 0 atom stereocenters. The molecule has 0 saturated carbocycles. The average molecular weight is 390 g/mol. The van der Waals surface area contributed by atoms with Gasteiger partial charge in [-0.2, -0.15) is 0 Å². The van der Waals surface area contributed by atoms with E-state index in [-0.39, 0.29) is 5.41 Å². The number of hydrogen-bond acceptors (Lipinski definition) is 3. The number of nitrogens with one attached hydrogen (secondary N) is 1. The lowest BCUT2D eigenvalue weighted by molar-refractivity contribution is 0.321. The summed E-state index contributed by atoms with van der Waals surface area (Å²) in [6.45, 7) is 8.65. The van der Waals surface area contributed by atoms with Crippen LogP contribution >= 0.6 is 0 Å². The minimum atomic E-state index is 0.0698. The molecule has 0 unspecified atom stereocenters. The number of rotatable bonds is 9. The zero-order valence-electron chi connectivity index (χ0n) is 17.7. The maximum atomic E-state index is 6.02. The lowest BCUT2D eigenvalue weighted by atomic mass is 9.86. The van der Waals surface area contributed by atoms with Gasteiger partial charge < -0.3 is 14.8 Å². The van der Waals surface area contributed by atoms with Crippen LogP contribution in [0.3, 0.4) is 0 Å². The number of ether oxygens (including phenoxy) is 2. The number of benzene rings is 3. The van der Waals surface area contributed by atoms with Crippen molar-refractivity contribution in [3.8, 4) is 11.5 Å². The summed E-state index contributed by atoms with van der Waals surface area (Å²) >= 11 is 0. The van der Waals surface area contributed by atoms with Crippen molar-refractivity contribution in [2.45, 2.75) is 32.6 Å². The van der Waals surface area contributed by atoms with E-state index in [9.17, 15) is 0 Å². The molecule has 1 N–H and O–H groups in total. The molecule has 3 nitrogen and oxygen atoms in total. The average Bonchev–Trinajstić information content (AvgIpc) is 2.73. The first-order chi connectivity index (χ1) is 14.0. The van der Waals surface area contributed by atoms with Crippen LogP contribution in [-0.4, -0.2) is 19.8 Å². The summed E-state index contributed by atoms with van der Waals surface area (Å²) in [4.78, 5) is 0. The molecule has 0 aliphatic carbocycles. The Morgan fingerprint density at radius 2 is 1.41 bits per heavy atom. The monoisotopic (exact) mass is 389 g/mol.